The van der Waals surface area contributed by atoms with Crippen LogP contribution >= 0.6 is 0 Å². The highest BCUT2D eigenvalue weighted by Crippen LogP contribution is 2.17. The smallest absolute Gasteiger partial charge is 0.261 e. The van der Waals surface area contributed by atoms with Crippen molar-refractivity contribution >= 4 is 22.6 Å². The van der Waals surface area contributed by atoms with Gasteiger partial charge in [-0.05, 0) is 43.2 Å². The summed E-state index contributed by atoms with van der Waals surface area (Å²) in [4.78, 5) is 34.1. The molecular weight excluding hydrogens is 328 g/mol. The van der Waals surface area contributed by atoms with Gasteiger partial charge in [-0.15, -0.1) is 0 Å². The lowest BCUT2D eigenvalue weighted by atomic mass is 10.1. The minimum atomic E-state index is -0.265. The van der Waals surface area contributed by atoms with Crippen LogP contribution in [-0.2, 0) is 13.0 Å². The lowest BCUT2D eigenvalue weighted by Crippen LogP contribution is -2.26. The number of anilines is 1. The normalized spacial score (nSPS) is 14.3. The van der Waals surface area contributed by atoms with Crippen LogP contribution in [0.25, 0.3) is 10.9 Å². The lowest BCUT2D eigenvalue weighted by Gasteiger charge is -2.16. The van der Waals surface area contributed by atoms with Gasteiger partial charge in [-0.2, -0.15) is 0 Å². The molecule has 26 heavy (non-hydrogen) atoms. The fourth-order valence-electron chi connectivity index (χ4n) is 3.36. The van der Waals surface area contributed by atoms with Crippen molar-refractivity contribution in [1.82, 2.24) is 14.5 Å². The number of hydrogen-bond acceptors (Lipinski definition) is 4. The van der Waals surface area contributed by atoms with Crippen LogP contribution in [0.15, 0.2) is 47.4 Å². The molecule has 0 spiro atoms. The number of nitrogens with zero attached hydrogens (tertiary/aromatic N) is 3. The Balaban J connectivity index is 1.71. The molecule has 0 aliphatic carbocycles. The summed E-state index contributed by atoms with van der Waals surface area (Å²) in [6.07, 6.45) is 6.78. The van der Waals surface area contributed by atoms with E-state index in [1.54, 1.807) is 41.1 Å². The van der Waals surface area contributed by atoms with Crippen molar-refractivity contribution in [2.24, 2.45) is 0 Å². The van der Waals surface area contributed by atoms with Gasteiger partial charge in [-0.25, -0.2) is 9.97 Å². The SMILES string of the molecule is O=C(Nc1ccccn1)c1ccc2c(=O)n3c(nc2c1)CCCCCC3. The molecular formula is C20H20N4O2. The van der Waals surface area contributed by atoms with E-state index in [9.17, 15) is 9.59 Å². The second-order valence-corrected chi connectivity index (χ2v) is 6.55. The second-order valence-electron chi connectivity index (χ2n) is 6.55. The van der Waals surface area contributed by atoms with Crippen LogP contribution in [-0.4, -0.2) is 20.4 Å². The molecule has 4 rings (SSSR count). The van der Waals surface area contributed by atoms with Crippen molar-refractivity contribution in [3.8, 4) is 0 Å². The van der Waals surface area contributed by atoms with Crippen LogP contribution in [0.1, 0.15) is 41.9 Å². The molecule has 3 aromatic rings. The molecule has 1 aromatic carbocycles. The van der Waals surface area contributed by atoms with Crippen molar-refractivity contribution < 1.29 is 4.79 Å². The van der Waals surface area contributed by atoms with Crippen molar-refractivity contribution in [1.29, 1.82) is 0 Å². The summed E-state index contributed by atoms with van der Waals surface area (Å²) in [5, 5.41) is 3.32. The number of amides is 1. The van der Waals surface area contributed by atoms with E-state index in [0.717, 1.165) is 38.1 Å². The number of rotatable bonds is 2. The van der Waals surface area contributed by atoms with E-state index < -0.39 is 0 Å². The van der Waals surface area contributed by atoms with E-state index in [1.807, 2.05) is 6.07 Å². The van der Waals surface area contributed by atoms with E-state index >= 15 is 0 Å². The monoisotopic (exact) mass is 348 g/mol. The molecule has 0 saturated heterocycles. The fourth-order valence-corrected chi connectivity index (χ4v) is 3.36. The van der Waals surface area contributed by atoms with Crippen molar-refractivity contribution in [3.63, 3.8) is 0 Å². The Hall–Kier alpha value is -3.02. The number of fused-ring (bicyclic) bond motifs is 2. The number of nitrogens with one attached hydrogen (secondary N) is 1. The molecule has 0 atom stereocenters. The summed E-state index contributed by atoms with van der Waals surface area (Å²) < 4.78 is 1.80. The molecule has 0 unspecified atom stereocenters. The maximum absolute atomic E-state index is 12.8. The third kappa shape index (κ3) is 3.22. The van der Waals surface area contributed by atoms with E-state index in [0.29, 0.717) is 22.3 Å². The first-order valence-corrected chi connectivity index (χ1v) is 8.98. The summed E-state index contributed by atoms with van der Waals surface area (Å²) in [5.41, 5.74) is 1.03. The predicted molar refractivity (Wildman–Crippen MR) is 100 cm³/mol. The quantitative estimate of drug-likeness (QED) is 0.772. The van der Waals surface area contributed by atoms with Crippen LogP contribution in [0.2, 0.25) is 0 Å². The first-order chi connectivity index (χ1) is 12.7. The van der Waals surface area contributed by atoms with Crippen molar-refractivity contribution in [2.75, 3.05) is 5.32 Å². The van der Waals surface area contributed by atoms with E-state index in [2.05, 4.69) is 10.3 Å². The fraction of sp³-hybridized carbons (Fsp3) is 0.300. The molecule has 1 amide bonds. The second kappa shape index (κ2) is 7.07. The predicted octanol–water partition coefficient (Wildman–Crippen LogP) is 3.16. The topological polar surface area (TPSA) is 76.9 Å². The molecule has 6 nitrogen and oxygen atoms in total. The molecule has 1 aliphatic rings. The van der Waals surface area contributed by atoms with E-state index in [-0.39, 0.29) is 11.5 Å². The first kappa shape index (κ1) is 16.4. The molecule has 1 aliphatic heterocycles. The molecule has 0 saturated carbocycles. The van der Waals surface area contributed by atoms with Crippen molar-refractivity contribution in [2.45, 2.75) is 38.6 Å². The maximum atomic E-state index is 12.8. The number of aromatic nitrogens is 3. The first-order valence-electron chi connectivity index (χ1n) is 8.98. The van der Waals surface area contributed by atoms with Gasteiger partial charge in [0.05, 0.1) is 10.9 Å². The van der Waals surface area contributed by atoms with Gasteiger partial charge in [0, 0.05) is 24.7 Å². The average Bonchev–Trinajstić information content (AvgIpc) is 2.64. The molecule has 0 fully saturated rings. The maximum Gasteiger partial charge on any atom is 0.261 e. The molecule has 1 N–H and O–H groups in total. The van der Waals surface area contributed by atoms with Crippen LogP contribution in [0.5, 0.6) is 0 Å². The summed E-state index contributed by atoms with van der Waals surface area (Å²) in [7, 11) is 0. The number of hydrogen-bond donors (Lipinski definition) is 1. The van der Waals surface area contributed by atoms with Gasteiger partial charge in [-0.3, -0.25) is 14.2 Å². The number of aryl methyl sites for hydroxylation is 1. The number of carbonyl (C=O) groups excluding carboxylic acids is 1. The Morgan fingerprint density at radius 2 is 1.96 bits per heavy atom. The Kier molecular flexibility index (Phi) is 4.48. The zero-order valence-electron chi connectivity index (χ0n) is 14.4. The van der Waals surface area contributed by atoms with Crippen LogP contribution in [0.3, 0.4) is 0 Å². The van der Waals surface area contributed by atoms with Gasteiger partial charge < -0.3 is 5.32 Å². The molecule has 0 bridgehead atoms. The lowest BCUT2D eigenvalue weighted by molar-refractivity contribution is 0.102. The van der Waals surface area contributed by atoms with Gasteiger partial charge in [0.25, 0.3) is 11.5 Å². The number of carbonyl (C=O) groups is 1. The van der Waals surface area contributed by atoms with Crippen molar-refractivity contribution in [3.05, 3.63) is 64.3 Å². The Labute approximate surface area is 150 Å². The molecule has 132 valence electrons. The molecule has 2 aromatic heterocycles. The summed E-state index contributed by atoms with van der Waals surface area (Å²) in [5.74, 6) is 1.05. The summed E-state index contributed by atoms with van der Waals surface area (Å²) in [6.45, 7) is 0.721. The highest BCUT2D eigenvalue weighted by atomic mass is 16.1. The minimum Gasteiger partial charge on any atom is -0.307 e. The van der Waals surface area contributed by atoms with Crippen LogP contribution in [0.4, 0.5) is 5.82 Å². The highest BCUT2D eigenvalue weighted by molar-refractivity contribution is 6.05. The Morgan fingerprint density at radius 1 is 1.08 bits per heavy atom. The summed E-state index contributed by atoms with van der Waals surface area (Å²) in [6, 6.07) is 10.4. The van der Waals surface area contributed by atoms with Gasteiger partial charge in [0.15, 0.2) is 0 Å². The number of benzene rings is 1. The highest BCUT2D eigenvalue weighted by Gasteiger charge is 2.15. The molecule has 3 heterocycles. The van der Waals surface area contributed by atoms with Gasteiger partial charge in [0.1, 0.15) is 11.6 Å². The van der Waals surface area contributed by atoms with E-state index in [4.69, 9.17) is 4.98 Å². The Bertz CT molecular complexity index is 1010. The van der Waals surface area contributed by atoms with Gasteiger partial charge in [-0.1, -0.05) is 18.9 Å². The molecule has 6 heteroatoms. The third-order valence-electron chi connectivity index (χ3n) is 4.74. The Morgan fingerprint density at radius 3 is 2.81 bits per heavy atom. The zero-order chi connectivity index (χ0) is 17.9. The number of pyridine rings is 1. The minimum absolute atomic E-state index is 0.0106. The van der Waals surface area contributed by atoms with Gasteiger partial charge in [0.2, 0.25) is 0 Å². The largest absolute Gasteiger partial charge is 0.307 e. The van der Waals surface area contributed by atoms with E-state index in [1.165, 1.54) is 6.42 Å². The van der Waals surface area contributed by atoms with Crippen LogP contribution in [0, 0.1) is 0 Å². The van der Waals surface area contributed by atoms with Crippen LogP contribution < -0.4 is 10.9 Å². The zero-order valence-corrected chi connectivity index (χ0v) is 14.4. The average molecular weight is 348 g/mol. The summed E-state index contributed by atoms with van der Waals surface area (Å²) >= 11 is 0. The molecule has 0 radical (unpaired) electrons. The third-order valence-corrected chi connectivity index (χ3v) is 4.74. The standard InChI is InChI=1S/C20H20N4O2/c25-19(23-17-7-4-5-11-21-17)14-9-10-15-16(13-14)22-18-8-3-1-2-6-12-24(18)20(15)26/h4-5,7,9-11,13H,1-3,6,8,12H2,(H,21,23,25). The van der Waals surface area contributed by atoms with Gasteiger partial charge >= 0.3 is 0 Å².